The molecule has 0 radical (unpaired) electrons. The molecule has 4 N–H and O–H groups in total. The number of amides is 1. The zero-order valence-electron chi connectivity index (χ0n) is 22.5. The lowest BCUT2D eigenvalue weighted by atomic mass is 10.00. The number of likely N-dealkylation sites (tertiary alicyclic amines) is 1. The Bertz CT molecular complexity index is 1250. The van der Waals surface area contributed by atoms with Crippen LogP contribution in [0.15, 0.2) is 59.9 Å². The number of ether oxygens (including phenoxy) is 2. The van der Waals surface area contributed by atoms with Crippen molar-refractivity contribution in [2.24, 2.45) is 10.7 Å². The molecule has 8 nitrogen and oxygen atoms in total. The Hall–Kier alpha value is -4.15. The molecule has 0 bridgehead atoms. The van der Waals surface area contributed by atoms with Gasteiger partial charge in [0, 0.05) is 42.3 Å². The number of hydrogen-bond donors (Lipinski definition) is 3. The molecule has 1 heterocycles. The third-order valence-corrected chi connectivity index (χ3v) is 6.25. The average molecular weight is 546 g/mol. The first-order chi connectivity index (χ1) is 18.4. The smallest absolute Gasteiger partial charge is 0.471 e. The average Bonchev–Trinajstić information content (AvgIpc) is 2.87. The number of nitrogens with zero attached hydrogens (tertiary/aromatic N) is 2. The highest BCUT2D eigenvalue weighted by Crippen LogP contribution is 2.32. The molecule has 39 heavy (non-hydrogen) atoms. The maximum Gasteiger partial charge on any atom is 0.471 e. The van der Waals surface area contributed by atoms with E-state index in [2.05, 4.69) is 22.2 Å². The van der Waals surface area contributed by atoms with E-state index in [4.69, 9.17) is 15.2 Å². The van der Waals surface area contributed by atoms with E-state index in [9.17, 15) is 18.0 Å². The summed E-state index contributed by atoms with van der Waals surface area (Å²) < 4.78 is 49.2. The van der Waals surface area contributed by atoms with Crippen LogP contribution in [0.1, 0.15) is 29.5 Å². The van der Waals surface area contributed by atoms with Gasteiger partial charge < -0.3 is 30.7 Å². The summed E-state index contributed by atoms with van der Waals surface area (Å²) in [7, 11) is 3.06. The van der Waals surface area contributed by atoms with Crippen molar-refractivity contribution in [1.29, 1.82) is 0 Å². The van der Waals surface area contributed by atoms with E-state index in [0.29, 0.717) is 41.2 Å². The Kier molecular flexibility index (Phi) is 9.50. The fourth-order valence-corrected chi connectivity index (χ4v) is 4.42. The fraction of sp³-hybridized carbons (Fsp3) is 0.357. The van der Waals surface area contributed by atoms with Crippen LogP contribution < -0.4 is 25.8 Å². The van der Waals surface area contributed by atoms with Crippen LogP contribution in [0.2, 0.25) is 0 Å². The first-order valence-corrected chi connectivity index (χ1v) is 12.3. The maximum atomic E-state index is 12.8. The van der Waals surface area contributed by atoms with Gasteiger partial charge in [-0.2, -0.15) is 13.2 Å². The molecule has 2 aromatic carbocycles. The fourth-order valence-electron chi connectivity index (χ4n) is 4.42. The minimum absolute atomic E-state index is 0.0103. The Balaban J connectivity index is 1.83. The maximum absolute atomic E-state index is 12.8. The molecule has 0 spiro atoms. The number of anilines is 1. The number of aryl methyl sites for hydroxylation is 2. The largest absolute Gasteiger partial charge is 0.493 e. The van der Waals surface area contributed by atoms with Gasteiger partial charge in [0.2, 0.25) is 0 Å². The SMILES string of the molecule is C=C(NC1CCN(C(=O)C(F)(F)F)CC1)/C(=C\N=C(N)Nc1cc(C)cc(C)c1)c1ccc(OC)c(OC)c1. The van der Waals surface area contributed by atoms with Crippen molar-refractivity contribution >= 4 is 23.1 Å². The molecule has 1 saturated heterocycles. The van der Waals surface area contributed by atoms with Crippen LogP contribution in [0.4, 0.5) is 18.9 Å². The van der Waals surface area contributed by atoms with Gasteiger partial charge in [0.15, 0.2) is 17.5 Å². The first-order valence-electron chi connectivity index (χ1n) is 12.3. The summed E-state index contributed by atoms with van der Waals surface area (Å²) in [5.74, 6) is -0.616. The number of halogens is 3. The van der Waals surface area contributed by atoms with Crippen molar-refractivity contribution in [1.82, 2.24) is 10.2 Å². The number of benzene rings is 2. The number of allylic oxidation sites excluding steroid dienone is 1. The zero-order chi connectivity index (χ0) is 28.7. The predicted molar refractivity (Wildman–Crippen MR) is 147 cm³/mol. The molecule has 0 aliphatic carbocycles. The van der Waals surface area contributed by atoms with Gasteiger partial charge >= 0.3 is 12.1 Å². The predicted octanol–water partition coefficient (Wildman–Crippen LogP) is 4.74. The number of carbonyl (C=O) groups is 1. The van der Waals surface area contributed by atoms with Gasteiger partial charge in [-0.1, -0.05) is 18.7 Å². The lowest BCUT2D eigenvalue weighted by Crippen LogP contribution is -2.48. The van der Waals surface area contributed by atoms with Gasteiger partial charge in [0.25, 0.3) is 0 Å². The van der Waals surface area contributed by atoms with Crippen LogP contribution in [0.3, 0.4) is 0 Å². The Morgan fingerprint density at radius 2 is 1.69 bits per heavy atom. The topological polar surface area (TPSA) is 101 Å². The van der Waals surface area contributed by atoms with E-state index in [0.717, 1.165) is 21.7 Å². The van der Waals surface area contributed by atoms with Gasteiger partial charge in [-0.05, 0) is 67.6 Å². The Morgan fingerprint density at radius 1 is 1.08 bits per heavy atom. The van der Waals surface area contributed by atoms with Gasteiger partial charge in [-0.3, -0.25) is 4.79 Å². The van der Waals surface area contributed by atoms with E-state index in [1.165, 1.54) is 14.2 Å². The number of rotatable bonds is 8. The monoisotopic (exact) mass is 545 g/mol. The van der Waals surface area contributed by atoms with Crippen molar-refractivity contribution in [3.05, 3.63) is 71.6 Å². The highest BCUT2D eigenvalue weighted by Gasteiger charge is 2.43. The summed E-state index contributed by atoms with van der Waals surface area (Å²) in [6, 6.07) is 11.1. The third kappa shape index (κ3) is 7.92. The highest BCUT2D eigenvalue weighted by atomic mass is 19.4. The second-order valence-corrected chi connectivity index (χ2v) is 9.32. The van der Waals surface area contributed by atoms with Crippen LogP contribution in [0.25, 0.3) is 5.57 Å². The Labute approximate surface area is 226 Å². The lowest BCUT2D eigenvalue weighted by molar-refractivity contribution is -0.186. The summed E-state index contributed by atoms with van der Waals surface area (Å²) >= 11 is 0. The zero-order valence-corrected chi connectivity index (χ0v) is 22.5. The standard InChI is InChI=1S/C28H34F3N5O3/c1-17-12-18(2)14-22(13-17)35-27(32)33-16-23(20-6-7-24(38-4)25(15-20)39-5)19(3)34-21-8-10-36(11-9-21)26(37)28(29,30)31/h6-7,12-16,21,34H,3,8-11H2,1-2,4-5H3,(H3,32,33,35)/b23-16+. The molecule has 1 fully saturated rings. The molecule has 11 heteroatoms. The van der Waals surface area contributed by atoms with E-state index in [-0.39, 0.29) is 25.1 Å². The molecular weight excluding hydrogens is 511 g/mol. The number of guanidine groups is 1. The molecule has 0 atom stereocenters. The van der Waals surface area contributed by atoms with Gasteiger partial charge in [-0.25, -0.2) is 4.99 Å². The van der Waals surface area contributed by atoms with Crippen molar-refractivity contribution in [2.45, 2.75) is 38.9 Å². The van der Waals surface area contributed by atoms with Crippen LogP contribution in [-0.2, 0) is 4.79 Å². The van der Waals surface area contributed by atoms with Crippen molar-refractivity contribution in [2.75, 3.05) is 32.6 Å². The number of nitrogens with one attached hydrogen (secondary N) is 2. The molecule has 1 aliphatic rings. The second kappa shape index (κ2) is 12.6. The number of methoxy groups -OCH3 is 2. The van der Waals surface area contributed by atoms with Crippen molar-refractivity contribution in [3.8, 4) is 11.5 Å². The van der Waals surface area contributed by atoms with Gasteiger partial charge in [0.05, 0.1) is 14.2 Å². The number of nitrogens with two attached hydrogens (primary N) is 1. The van der Waals surface area contributed by atoms with Gasteiger partial charge in [0.1, 0.15) is 0 Å². The minimum Gasteiger partial charge on any atom is -0.493 e. The summed E-state index contributed by atoms with van der Waals surface area (Å²) in [5, 5.41) is 6.36. The summed E-state index contributed by atoms with van der Waals surface area (Å²) in [6.45, 7) is 8.11. The summed E-state index contributed by atoms with van der Waals surface area (Å²) in [6.07, 6.45) is -2.65. The molecule has 1 amide bonds. The first kappa shape index (κ1) is 29.4. The van der Waals surface area contributed by atoms with Crippen LogP contribution in [0, 0.1) is 13.8 Å². The second-order valence-electron chi connectivity index (χ2n) is 9.32. The van der Waals surface area contributed by atoms with E-state index >= 15 is 0 Å². The van der Waals surface area contributed by atoms with E-state index in [1.54, 1.807) is 18.3 Å². The molecule has 2 aromatic rings. The van der Waals surface area contributed by atoms with Crippen LogP contribution in [-0.4, -0.2) is 56.3 Å². The molecular formula is C28H34F3N5O3. The number of piperidine rings is 1. The minimum atomic E-state index is -4.88. The van der Waals surface area contributed by atoms with Crippen molar-refractivity contribution < 1.29 is 27.4 Å². The van der Waals surface area contributed by atoms with Crippen LogP contribution >= 0.6 is 0 Å². The lowest BCUT2D eigenvalue weighted by Gasteiger charge is -2.33. The molecule has 0 unspecified atom stereocenters. The normalized spacial score (nSPS) is 15.1. The molecule has 0 saturated carbocycles. The van der Waals surface area contributed by atoms with E-state index in [1.807, 2.05) is 38.1 Å². The van der Waals surface area contributed by atoms with E-state index < -0.39 is 12.1 Å². The number of carbonyl (C=O) groups excluding carboxylic acids is 1. The van der Waals surface area contributed by atoms with Crippen molar-refractivity contribution in [3.63, 3.8) is 0 Å². The van der Waals surface area contributed by atoms with Crippen LogP contribution in [0.5, 0.6) is 11.5 Å². The molecule has 0 aromatic heterocycles. The molecule has 3 rings (SSSR count). The summed E-state index contributed by atoms with van der Waals surface area (Å²) in [4.78, 5) is 16.8. The number of alkyl halides is 3. The molecule has 210 valence electrons. The number of aliphatic imine (C=N–C) groups is 1. The number of hydrogen-bond acceptors (Lipinski definition) is 5. The van der Waals surface area contributed by atoms with Gasteiger partial charge in [-0.15, -0.1) is 0 Å². The highest BCUT2D eigenvalue weighted by molar-refractivity contribution is 5.93. The Morgan fingerprint density at radius 3 is 2.26 bits per heavy atom. The third-order valence-electron chi connectivity index (χ3n) is 6.25. The molecule has 1 aliphatic heterocycles. The quantitative estimate of drug-likeness (QED) is 0.252. The summed E-state index contributed by atoms with van der Waals surface area (Å²) in [5.41, 5.74) is 10.9.